The maximum atomic E-state index is 13.3. The van der Waals surface area contributed by atoms with Crippen LogP contribution in [-0.2, 0) is 14.3 Å². The van der Waals surface area contributed by atoms with Crippen molar-refractivity contribution in [1.29, 1.82) is 0 Å². The number of carbonyl (C=O) groups excluding carboxylic acids is 2. The number of fused-ring (bicyclic) bond motifs is 1. The summed E-state index contributed by atoms with van der Waals surface area (Å²) >= 11 is 0. The van der Waals surface area contributed by atoms with Gasteiger partial charge in [-0.1, -0.05) is 25.5 Å². The van der Waals surface area contributed by atoms with E-state index < -0.39 is 18.2 Å². The Morgan fingerprint density at radius 2 is 1.81 bits per heavy atom. The molecule has 0 radical (unpaired) electrons. The Kier molecular flexibility index (Phi) is 9.59. The van der Waals surface area contributed by atoms with Crippen LogP contribution in [0.5, 0.6) is 5.75 Å². The maximum absolute atomic E-state index is 13.3. The van der Waals surface area contributed by atoms with Gasteiger partial charge in [0.1, 0.15) is 16.9 Å². The first-order chi connectivity index (χ1) is 17.4. The molecule has 0 spiro atoms. The molecule has 0 saturated heterocycles. The van der Waals surface area contributed by atoms with E-state index in [0.717, 1.165) is 43.9 Å². The molecule has 1 saturated carbocycles. The van der Waals surface area contributed by atoms with Crippen LogP contribution in [-0.4, -0.2) is 48.7 Å². The molecule has 0 aromatic heterocycles. The minimum atomic E-state index is -3.07. The van der Waals surface area contributed by atoms with E-state index in [1.807, 2.05) is 33.0 Å². The first-order valence-electron chi connectivity index (χ1n) is 13.2. The molecule has 1 aromatic carbocycles. The van der Waals surface area contributed by atoms with Gasteiger partial charge in [-0.25, -0.2) is 4.79 Å². The van der Waals surface area contributed by atoms with E-state index >= 15 is 0 Å². The number of alkyl halides is 2. The Hall–Kier alpha value is -2.64. The molecule has 4 unspecified atom stereocenters. The number of hydrogen-bond donors (Lipinski definition) is 0. The predicted octanol–water partition coefficient (Wildman–Crippen LogP) is 4.86. The lowest BCUT2D eigenvalue weighted by Gasteiger charge is -2.30. The van der Waals surface area contributed by atoms with Gasteiger partial charge >= 0.3 is 18.6 Å². The molecule has 0 bridgehead atoms. The fourth-order valence-corrected chi connectivity index (χ4v) is 5.37. The van der Waals surface area contributed by atoms with Gasteiger partial charge in [0.05, 0.1) is 7.11 Å². The highest BCUT2D eigenvalue weighted by Gasteiger charge is 2.30. The summed E-state index contributed by atoms with van der Waals surface area (Å²) < 4.78 is 41.9. The largest absolute Gasteiger partial charge is 0.465 e. The standard InChI is InChI=1S/C29H41F2NO5/c1-18-7-9-20(10-12-22(18)15-25(33)37-29(3,4)5)16-32-17-24-21(11-8-19(32)2)13-14-23(27(34)35-6)26(24)36-28(30)31/h11,13-14,17-20,22,28H,7-10,12,15-16H2,1-6H3. The maximum Gasteiger partial charge on any atom is 0.387 e. The predicted molar refractivity (Wildman–Crippen MR) is 138 cm³/mol. The van der Waals surface area contributed by atoms with Gasteiger partial charge in [0.15, 0.2) is 0 Å². The smallest absolute Gasteiger partial charge is 0.387 e. The van der Waals surface area contributed by atoms with Gasteiger partial charge in [0.2, 0.25) is 0 Å². The van der Waals surface area contributed by atoms with Crippen LogP contribution in [0.25, 0.3) is 12.3 Å². The molecule has 2 aliphatic rings. The number of halogens is 2. The molecule has 0 amide bonds. The molecule has 1 aliphatic heterocycles. The Balaban J connectivity index is 1.82. The minimum Gasteiger partial charge on any atom is -0.465 e. The van der Waals surface area contributed by atoms with E-state index in [0.29, 0.717) is 23.5 Å². The van der Waals surface area contributed by atoms with Gasteiger partial charge in [-0.15, -0.1) is 0 Å². The van der Waals surface area contributed by atoms with E-state index in [2.05, 4.69) is 18.7 Å². The van der Waals surface area contributed by atoms with Crippen molar-refractivity contribution in [3.63, 3.8) is 0 Å². The van der Waals surface area contributed by atoms with Crippen molar-refractivity contribution >= 4 is 24.2 Å². The average Bonchev–Trinajstić information content (AvgIpc) is 3.07. The Bertz CT molecular complexity index is 1080. The molecule has 0 N–H and O–H groups in total. The summed E-state index contributed by atoms with van der Waals surface area (Å²) in [7, 11) is 1.22. The number of carbonyl (C=O) groups is 2. The first-order valence-corrected chi connectivity index (χ1v) is 13.2. The Morgan fingerprint density at radius 1 is 1.11 bits per heavy atom. The molecule has 37 heavy (non-hydrogen) atoms. The highest BCUT2D eigenvalue weighted by atomic mass is 19.3. The zero-order chi connectivity index (χ0) is 27.3. The molecule has 1 heterocycles. The van der Waals surface area contributed by atoms with Crippen LogP contribution >= 0.6 is 0 Å². The molecule has 3 rings (SSSR count). The van der Waals surface area contributed by atoms with Gasteiger partial charge in [0, 0.05) is 30.4 Å². The third-order valence-electron chi connectivity index (χ3n) is 7.48. The monoisotopic (exact) mass is 521 g/mol. The van der Waals surface area contributed by atoms with E-state index in [-0.39, 0.29) is 29.2 Å². The SMILES string of the molecule is COC(=O)c1ccc2c(c1OC(F)F)=CN(CC1CCC(C)C(CC(=O)OC(C)(C)C)CC1)C(C)CC=2. The summed E-state index contributed by atoms with van der Waals surface area (Å²) in [6, 6.07) is 3.37. The quantitative estimate of drug-likeness (QED) is 0.377. The van der Waals surface area contributed by atoms with Crippen LogP contribution in [0.4, 0.5) is 8.78 Å². The van der Waals surface area contributed by atoms with Crippen molar-refractivity contribution < 1.29 is 32.6 Å². The second kappa shape index (κ2) is 12.3. The number of rotatable bonds is 7. The average molecular weight is 522 g/mol. The van der Waals surface area contributed by atoms with Gasteiger partial charge in [-0.05, 0) is 82.4 Å². The van der Waals surface area contributed by atoms with Gasteiger partial charge in [0.25, 0.3) is 0 Å². The number of hydrogen-bond acceptors (Lipinski definition) is 6. The van der Waals surface area contributed by atoms with Crippen molar-refractivity contribution in [2.24, 2.45) is 17.8 Å². The van der Waals surface area contributed by atoms with Gasteiger partial charge < -0.3 is 19.1 Å². The highest BCUT2D eigenvalue weighted by molar-refractivity contribution is 5.92. The van der Waals surface area contributed by atoms with Crippen molar-refractivity contribution in [3.05, 3.63) is 28.1 Å². The zero-order valence-electron chi connectivity index (χ0n) is 22.9. The van der Waals surface area contributed by atoms with Crippen LogP contribution < -0.4 is 15.2 Å². The fraction of sp³-hybridized carbons (Fsp3) is 0.655. The van der Waals surface area contributed by atoms with Crippen LogP contribution in [0.1, 0.15) is 83.5 Å². The number of nitrogens with zero attached hydrogens (tertiary/aromatic N) is 1. The topological polar surface area (TPSA) is 65.1 Å². The van der Waals surface area contributed by atoms with Gasteiger partial charge in [-0.3, -0.25) is 4.79 Å². The lowest BCUT2D eigenvalue weighted by Crippen LogP contribution is -2.35. The molecular formula is C29H41F2NO5. The van der Waals surface area contributed by atoms with Crippen molar-refractivity contribution in [3.8, 4) is 5.75 Å². The van der Waals surface area contributed by atoms with E-state index in [1.54, 1.807) is 6.07 Å². The highest BCUT2D eigenvalue weighted by Crippen LogP contribution is 2.35. The second-order valence-corrected chi connectivity index (χ2v) is 11.5. The van der Waals surface area contributed by atoms with Gasteiger partial charge in [-0.2, -0.15) is 8.78 Å². The molecule has 206 valence electrons. The normalized spacial score (nSPS) is 24.2. The second-order valence-electron chi connectivity index (χ2n) is 11.5. The van der Waals surface area contributed by atoms with Crippen molar-refractivity contribution in [2.75, 3.05) is 13.7 Å². The minimum absolute atomic E-state index is 0.0195. The number of benzene rings is 1. The van der Waals surface area contributed by atoms with Crippen molar-refractivity contribution in [1.82, 2.24) is 4.90 Å². The fourth-order valence-electron chi connectivity index (χ4n) is 5.37. The van der Waals surface area contributed by atoms with E-state index in [4.69, 9.17) is 14.2 Å². The molecule has 4 atom stereocenters. The summed E-state index contributed by atoms with van der Waals surface area (Å²) in [5.41, 5.74) is -0.505. The van der Waals surface area contributed by atoms with Crippen LogP contribution in [0.2, 0.25) is 0 Å². The lowest BCUT2D eigenvalue weighted by molar-refractivity contribution is -0.156. The van der Waals surface area contributed by atoms with Crippen LogP contribution in [0.3, 0.4) is 0 Å². The number of ether oxygens (including phenoxy) is 3. The van der Waals surface area contributed by atoms with E-state index in [9.17, 15) is 18.4 Å². The summed E-state index contributed by atoms with van der Waals surface area (Å²) in [4.78, 5) is 26.9. The molecule has 1 aromatic rings. The third-order valence-corrected chi connectivity index (χ3v) is 7.48. The molecule has 1 aliphatic carbocycles. The molecular weight excluding hydrogens is 480 g/mol. The molecule has 1 fully saturated rings. The lowest BCUT2D eigenvalue weighted by atomic mass is 9.87. The summed E-state index contributed by atoms with van der Waals surface area (Å²) in [5.74, 6) is 0.0944. The zero-order valence-corrected chi connectivity index (χ0v) is 22.9. The summed E-state index contributed by atoms with van der Waals surface area (Å²) in [6.07, 6.45) is 9.01. The summed E-state index contributed by atoms with van der Waals surface area (Å²) in [6.45, 7) is 7.68. The first kappa shape index (κ1) is 28.9. The molecule has 6 nitrogen and oxygen atoms in total. The van der Waals surface area contributed by atoms with Crippen LogP contribution in [0, 0.1) is 17.8 Å². The Morgan fingerprint density at radius 3 is 2.46 bits per heavy atom. The van der Waals surface area contributed by atoms with E-state index in [1.165, 1.54) is 13.2 Å². The summed E-state index contributed by atoms with van der Waals surface area (Å²) in [5, 5.41) is 1.22. The number of esters is 2. The number of methoxy groups -OCH3 is 1. The third kappa shape index (κ3) is 7.92. The molecule has 8 heteroatoms. The Labute approximate surface area is 218 Å². The van der Waals surface area contributed by atoms with Crippen LogP contribution in [0.15, 0.2) is 12.1 Å². The van der Waals surface area contributed by atoms with Crippen molar-refractivity contribution in [2.45, 2.75) is 91.4 Å².